The van der Waals surface area contributed by atoms with Gasteiger partial charge in [0.2, 0.25) is 5.43 Å². The first-order valence-corrected chi connectivity index (χ1v) is 12.9. The second kappa shape index (κ2) is 9.61. The van der Waals surface area contributed by atoms with Crippen LogP contribution in [0.1, 0.15) is 50.9 Å². The highest BCUT2D eigenvalue weighted by molar-refractivity contribution is 6.34. The van der Waals surface area contributed by atoms with E-state index in [2.05, 4.69) is 9.88 Å². The maximum absolute atomic E-state index is 13.1. The van der Waals surface area contributed by atoms with Crippen molar-refractivity contribution in [3.63, 3.8) is 0 Å². The zero-order valence-corrected chi connectivity index (χ0v) is 21.3. The fourth-order valence-corrected chi connectivity index (χ4v) is 5.82. The molecule has 0 bridgehead atoms. The molecule has 1 amide bonds. The van der Waals surface area contributed by atoms with Gasteiger partial charge in [0.05, 0.1) is 28.5 Å². The van der Waals surface area contributed by atoms with E-state index in [0.29, 0.717) is 55.1 Å². The number of hydrogen-bond acceptors (Lipinski definition) is 5. The molecule has 4 aromatic rings. The fraction of sp³-hybridized carbons (Fsp3) is 0.241. The Morgan fingerprint density at radius 3 is 2.47 bits per heavy atom. The summed E-state index contributed by atoms with van der Waals surface area (Å²) in [5.41, 5.74) is 3.31. The van der Waals surface area contributed by atoms with Crippen LogP contribution in [0.3, 0.4) is 0 Å². The largest absolute Gasteiger partial charge is 0.477 e. The van der Waals surface area contributed by atoms with Crippen molar-refractivity contribution in [2.45, 2.75) is 32.0 Å². The molecule has 0 atom stereocenters. The molecule has 1 saturated heterocycles. The van der Waals surface area contributed by atoms with Gasteiger partial charge in [-0.2, -0.15) is 0 Å². The lowest BCUT2D eigenvalue weighted by Crippen LogP contribution is -2.39. The van der Waals surface area contributed by atoms with E-state index in [1.165, 1.54) is 6.20 Å². The summed E-state index contributed by atoms with van der Waals surface area (Å²) in [6, 6.07) is 16.5. The lowest BCUT2D eigenvalue weighted by atomic mass is 10.0. The molecule has 0 saturated carbocycles. The second-order valence-corrected chi connectivity index (χ2v) is 10.2. The van der Waals surface area contributed by atoms with Crippen LogP contribution in [0.5, 0.6) is 0 Å². The van der Waals surface area contributed by atoms with Crippen molar-refractivity contribution in [1.82, 2.24) is 14.5 Å². The minimum Gasteiger partial charge on any atom is -0.477 e. The highest BCUT2D eigenvalue weighted by Crippen LogP contribution is 2.37. The van der Waals surface area contributed by atoms with Gasteiger partial charge in [-0.05, 0) is 48.7 Å². The van der Waals surface area contributed by atoms with Gasteiger partial charge in [-0.15, -0.1) is 0 Å². The second-order valence-electron chi connectivity index (χ2n) is 9.76. The Hall–Kier alpha value is -4.17. The molecule has 6 rings (SSSR count). The summed E-state index contributed by atoms with van der Waals surface area (Å²) in [6.07, 6.45) is 4.48. The van der Waals surface area contributed by atoms with Crippen molar-refractivity contribution in [2.24, 2.45) is 0 Å². The molecule has 0 aliphatic carbocycles. The van der Waals surface area contributed by atoms with Crippen LogP contribution in [-0.4, -0.2) is 44.5 Å². The average molecular weight is 529 g/mol. The van der Waals surface area contributed by atoms with Gasteiger partial charge in [0.15, 0.2) is 0 Å². The number of rotatable bonds is 4. The van der Waals surface area contributed by atoms with Gasteiger partial charge in [0.25, 0.3) is 5.91 Å². The normalized spacial score (nSPS) is 15.6. The predicted molar refractivity (Wildman–Crippen MR) is 145 cm³/mol. The third-order valence-corrected chi connectivity index (χ3v) is 7.83. The first-order valence-electron chi connectivity index (χ1n) is 12.5. The summed E-state index contributed by atoms with van der Waals surface area (Å²) < 4.78 is 1.89. The zero-order chi connectivity index (χ0) is 26.4. The summed E-state index contributed by atoms with van der Waals surface area (Å²) in [5.74, 6) is -1.29. The highest BCUT2D eigenvalue weighted by atomic mass is 35.5. The number of carbonyl (C=O) groups is 2. The lowest BCUT2D eigenvalue weighted by Gasteiger charge is -2.34. The number of nitrogens with zero attached hydrogens (tertiary/aromatic N) is 4. The smallest absolute Gasteiger partial charge is 0.341 e. The number of carbonyl (C=O) groups excluding carboxylic acids is 1. The Bertz CT molecular complexity index is 1600. The molecule has 38 heavy (non-hydrogen) atoms. The summed E-state index contributed by atoms with van der Waals surface area (Å²) in [4.78, 5) is 46.5. The third-order valence-electron chi connectivity index (χ3n) is 7.52. The highest BCUT2D eigenvalue weighted by Gasteiger charge is 2.28. The zero-order valence-electron chi connectivity index (χ0n) is 20.5. The molecule has 0 radical (unpaired) electrons. The number of piperidine rings is 1. The Morgan fingerprint density at radius 1 is 1.00 bits per heavy atom. The van der Waals surface area contributed by atoms with Gasteiger partial charge in [0, 0.05) is 49.0 Å². The molecule has 2 aromatic carbocycles. The van der Waals surface area contributed by atoms with Gasteiger partial charge >= 0.3 is 5.97 Å². The van der Waals surface area contributed by atoms with Crippen LogP contribution in [0.15, 0.2) is 71.8 Å². The Balaban J connectivity index is 1.36. The molecule has 1 N–H and O–H groups in total. The minimum absolute atomic E-state index is 0.0173. The van der Waals surface area contributed by atoms with Crippen molar-refractivity contribution in [2.75, 3.05) is 18.0 Å². The predicted octanol–water partition coefficient (Wildman–Crippen LogP) is 4.75. The number of halogens is 1. The van der Waals surface area contributed by atoms with Crippen molar-refractivity contribution in [3.05, 3.63) is 105 Å². The molecule has 4 heterocycles. The van der Waals surface area contributed by atoms with E-state index < -0.39 is 11.4 Å². The van der Waals surface area contributed by atoms with Crippen LogP contribution in [0.25, 0.3) is 10.9 Å². The summed E-state index contributed by atoms with van der Waals surface area (Å²) >= 11 is 6.68. The number of aromatic carboxylic acids is 1. The molecular weight excluding hydrogens is 504 g/mol. The number of carboxylic acids is 1. The van der Waals surface area contributed by atoms with Gasteiger partial charge < -0.3 is 19.5 Å². The van der Waals surface area contributed by atoms with Crippen molar-refractivity contribution >= 4 is 40.1 Å². The topological polar surface area (TPSA) is 95.7 Å². The number of fused-ring (bicyclic) bond motifs is 2. The standard InChI is InChI=1S/C29H25ClN4O4/c30-23-13-21-25(14-26(23)33-15-19-7-4-10-31-24(19)17-33)34(16-22(27(21)35)29(37)38)20-8-11-32(12-9-20)28(36)18-5-2-1-3-6-18/h1-7,10,13-14,16,20H,8-9,11-12,15,17H2,(H,37,38). The third kappa shape index (κ3) is 4.20. The number of hydrogen-bond donors (Lipinski definition) is 1. The van der Waals surface area contributed by atoms with E-state index in [1.807, 2.05) is 45.9 Å². The molecule has 0 spiro atoms. The number of carboxylic acid groups (broad SMARTS) is 1. The maximum Gasteiger partial charge on any atom is 0.341 e. The van der Waals surface area contributed by atoms with E-state index in [-0.39, 0.29) is 22.9 Å². The van der Waals surface area contributed by atoms with Crippen molar-refractivity contribution in [3.8, 4) is 0 Å². The summed E-state index contributed by atoms with van der Waals surface area (Å²) in [5, 5.41) is 10.4. The Kier molecular flexibility index (Phi) is 6.12. The van der Waals surface area contributed by atoms with E-state index >= 15 is 0 Å². The van der Waals surface area contributed by atoms with Crippen LogP contribution in [0, 0.1) is 0 Å². The number of benzene rings is 2. The molecule has 1 fully saturated rings. The van der Waals surface area contributed by atoms with E-state index in [9.17, 15) is 19.5 Å². The molecule has 8 nitrogen and oxygen atoms in total. The fourth-order valence-electron chi connectivity index (χ4n) is 5.54. The summed E-state index contributed by atoms with van der Waals surface area (Å²) in [6.45, 7) is 2.30. The van der Waals surface area contributed by atoms with Gasteiger partial charge in [-0.1, -0.05) is 35.9 Å². The van der Waals surface area contributed by atoms with Crippen LogP contribution >= 0.6 is 11.6 Å². The van der Waals surface area contributed by atoms with Crippen LogP contribution in [-0.2, 0) is 13.1 Å². The van der Waals surface area contributed by atoms with E-state index in [4.69, 9.17) is 11.6 Å². The first-order chi connectivity index (χ1) is 18.4. The monoisotopic (exact) mass is 528 g/mol. The quantitative estimate of drug-likeness (QED) is 0.411. The number of amides is 1. The van der Waals surface area contributed by atoms with Gasteiger partial charge in [-0.3, -0.25) is 14.6 Å². The molecule has 2 aromatic heterocycles. The van der Waals surface area contributed by atoms with Gasteiger partial charge in [-0.25, -0.2) is 4.79 Å². The molecular formula is C29H25ClN4O4. The Morgan fingerprint density at radius 2 is 1.76 bits per heavy atom. The van der Waals surface area contributed by atoms with Crippen LogP contribution in [0.2, 0.25) is 5.02 Å². The number of pyridine rings is 2. The number of likely N-dealkylation sites (tertiary alicyclic amines) is 1. The molecule has 0 unspecified atom stereocenters. The van der Waals surface area contributed by atoms with Crippen LogP contribution in [0.4, 0.5) is 5.69 Å². The van der Waals surface area contributed by atoms with E-state index in [1.54, 1.807) is 24.4 Å². The van der Waals surface area contributed by atoms with Crippen molar-refractivity contribution < 1.29 is 14.7 Å². The average Bonchev–Trinajstić information content (AvgIpc) is 3.37. The van der Waals surface area contributed by atoms with Gasteiger partial charge in [0.1, 0.15) is 5.56 Å². The maximum atomic E-state index is 13.1. The van der Waals surface area contributed by atoms with Crippen molar-refractivity contribution in [1.29, 1.82) is 0 Å². The lowest BCUT2D eigenvalue weighted by molar-refractivity contribution is 0.0694. The van der Waals surface area contributed by atoms with Crippen LogP contribution < -0.4 is 10.3 Å². The molecule has 9 heteroatoms. The SMILES string of the molecule is O=C(O)c1cn(C2CCN(C(=O)c3ccccc3)CC2)c2cc(N3Cc4cccnc4C3)c(Cl)cc2c1=O. The molecule has 2 aliphatic heterocycles. The summed E-state index contributed by atoms with van der Waals surface area (Å²) in [7, 11) is 0. The minimum atomic E-state index is -1.27. The first kappa shape index (κ1) is 24.2. The van der Waals surface area contributed by atoms with E-state index in [0.717, 1.165) is 16.9 Å². The Labute approximate surface area is 223 Å². The molecule has 2 aliphatic rings. The number of aromatic nitrogens is 2. The molecule has 192 valence electrons. The number of anilines is 1.